The van der Waals surface area contributed by atoms with E-state index in [1.165, 1.54) is 6.20 Å². The van der Waals surface area contributed by atoms with E-state index in [0.29, 0.717) is 5.71 Å². The Morgan fingerprint density at radius 2 is 2.36 bits per heavy atom. The molecule has 4 nitrogen and oxygen atoms in total. The Kier molecular flexibility index (Phi) is 2.36. The van der Waals surface area contributed by atoms with Crippen molar-refractivity contribution in [3.8, 4) is 0 Å². The van der Waals surface area contributed by atoms with Gasteiger partial charge in [-0.05, 0) is 19.3 Å². The maximum absolute atomic E-state index is 7.49. The molecule has 0 spiro atoms. The molecule has 0 saturated heterocycles. The molecule has 0 bridgehead atoms. The molecule has 1 atom stereocenters. The van der Waals surface area contributed by atoms with Gasteiger partial charge in [0.25, 0.3) is 0 Å². The Morgan fingerprint density at radius 3 is 2.82 bits per heavy atom. The average molecular weight is 152 g/mol. The monoisotopic (exact) mass is 152 g/mol. The molecule has 0 aliphatic heterocycles. The Bertz CT molecular complexity index is 206. The Balaban J connectivity index is 2.80. The van der Waals surface area contributed by atoms with Crippen LogP contribution < -0.4 is 5.73 Å². The van der Waals surface area contributed by atoms with Crippen LogP contribution in [0.3, 0.4) is 0 Å². The van der Waals surface area contributed by atoms with Crippen molar-refractivity contribution < 1.29 is 0 Å². The van der Waals surface area contributed by atoms with Crippen LogP contribution in [0.2, 0.25) is 0 Å². The summed E-state index contributed by atoms with van der Waals surface area (Å²) in [6, 6.07) is -0.152. The molecule has 1 aliphatic carbocycles. The summed E-state index contributed by atoms with van der Waals surface area (Å²) in [4.78, 5) is 0. The molecule has 0 aromatic rings. The molecule has 1 aliphatic rings. The summed E-state index contributed by atoms with van der Waals surface area (Å²) in [7, 11) is 0. The highest BCUT2D eigenvalue weighted by Gasteiger charge is 2.21. The summed E-state index contributed by atoms with van der Waals surface area (Å²) in [6.45, 7) is 0. The second-order valence-corrected chi connectivity index (χ2v) is 2.64. The molecular formula is C7H12N4. The first kappa shape index (κ1) is 7.91. The van der Waals surface area contributed by atoms with Crippen LogP contribution in [0.5, 0.6) is 0 Å². The molecule has 1 saturated carbocycles. The van der Waals surface area contributed by atoms with Gasteiger partial charge in [0.15, 0.2) is 0 Å². The van der Waals surface area contributed by atoms with Crippen molar-refractivity contribution in [2.75, 3.05) is 0 Å². The number of hydrogen-bond donors (Lipinski definition) is 3. The summed E-state index contributed by atoms with van der Waals surface area (Å²) in [5, 5.41) is 10.9. The predicted octanol–water partition coefficient (Wildman–Crippen LogP) is 1.43. The molecule has 0 amide bonds. The maximum atomic E-state index is 7.49. The molecule has 4 heteroatoms. The Labute approximate surface area is 65.5 Å². The van der Waals surface area contributed by atoms with Gasteiger partial charge in [-0.2, -0.15) is 5.11 Å². The van der Waals surface area contributed by atoms with E-state index in [0.717, 1.165) is 24.8 Å². The minimum Gasteiger partial charge on any atom is -0.404 e. The molecule has 0 unspecified atom stereocenters. The lowest BCUT2D eigenvalue weighted by molar-refractivity contribution is 0.606. The van der Waals surface area contributed by atoms with Crippen molar-refractivity contribution in [3.05, 3.63) is 11.8 Å². The summed E-state index contributed by atoms with van der Waals surface area (Å²) < 4.78 is 0. The van der Waals surface area contributed by atoms with E-state index in [9.17, 15) is 0 Å². The highest BCUT2D eigenvalue weighted by atomic mass is 15.0. The summed E-state index contributed by atoms with van der Waals surface area (Å²) >= 11 is 0. The van der Waals surface area contributed by atoms with E-state index >= 15 is 0 Å². The number of nitrogens with zero attached hydrogens (tertiary/aromatic N) is 1. The van der Waals surface area contributed by atoms with Crippen molar-refractivity contribution in [1.82, 2.24) is 0 Å². The number of nitrogens with two attached hydrogens (primary N) is 1. The summed E-state index contributed by atoms with van der Waals surface area (Å²) in [5.74, 6) is 0. The van der Waals surface area contributed by atoms with E-state index in [-0.39, 0.29) is 6.04 Å². The minimum absolute atomic E-state index is 0.152. The first-order valence-corrected chi connectivity index (χ1v) is 3.65. The normalized spacial score (nSPS) is 28.9. The minimum atomic E-state index is -0.152. The fourth-order valence-electron chi connectivity index (χ4n) is 1.32. The highest BCUT2D eigenvalue weighted by Crippen LogP contribution is 2.22. The molecule has 0 heterocycles. The lowest BCUT2D eigenvalue weighted by atomic mass is 9.89. The maximum Gasteiger partial charge on any atom is 0.0986 e. The van der Waals surface area contributed by atoms with Gasteiger partial charge in [-0.15, -0.1) is 0 Å². The molecule has 0 radical (unpaired) electrons. The van der Waals surface area contributed by atoms with Crippen molar-refractivity contribution in [1.29, 1.82) is 10.9 Å². The zero-order chi connectivity index (χ0) is 8.27. The van der Waals surface area contributed by atoms with Crippen molar-refractivity contribution in [2.24, 2.45) is 10.8 Å². The fraction of sp³-hybridized carbons (Fsp3) is 0.571. The third kappa shape index (κ3) is 1.45. The molecular weight excluding hydrogens is 140 g/mol. The van der Waals surface area contributed by atoms with E-state index in [1.54, 1.807) is 0 Å². The van der Waals surface area contributed by atoms with Crippen LogP contribution in [-0.4, -0.2) is 11.8 Å². The van der Waals surface area contributed by atoms with Crippen molar-refractivity contribution in [3.63, 3.8) is 0 Å². The first-order valence-electron chi connectivity index (χ1n) is 3.65. The van der Waals surface area contributed by atoms with E-state index in [1.807, 2.05) is 0 Å². The van der Waals surface area contributed by atoms with Gasteiger partial charge in [-0.25, -0.2) is 5.53 Å². The van der Waals surface area contributed by atoms with Gasteiger partial charge >= 0.3 is 0 Å². The van der Waals surface area contributed by atoms with Gasteiger partial charge in [0.1, 0.15) is 0 Å². The number of rotatable bonds is 1. The van der Waals surface area contributed by atoms with Gasteiger partial charge < -0.3 is 11.1 Å². The number of nitrogens with one attached hydrogen (secondary N) is 2. The quantitative estimate of drug-likeness (QED) is 0.488. The Hall–Kier alpha value is -1.19. The molecule has 11 heavy (non-hydrogen) atoms. The Morgan fingerprint density at radius 1 is 1.64 bits per heavy atom. The summed E-state index contributed by atoms with van der Waals surface area (Å²) in [5.41, 5.74) is 13.4. The summed E-state index contributed by atoms with van der Waals surface area (Å²) in [6.07, 6.45) is 3.98. The van der Waals surface area contributed by atoms with Gasteiger partial charge in [0.05, 0.1) is 6.04 Å². The van der Waals surface area contributed by atoms with Crippen molar-refractivity contribution >= 4 is 5.71 Å². The molecule has 4 N–H and O–H groups in total. The molecule has 0 aromatic carbocycles. The second kappa shape index (κ2) is 3.27. The molecule has 1 rings (SSSR count). The van der Waals surface area contributed by atoms with E-state index in [2.05, 4.69) is 5.11 Å². The first-order chi connectivity index (χ1) is 5.29. The zero-order valence-corrected chi connectivity index (χ0v) is 6.30. The fourth-order valence-corrected chi connectivity index (χ4v) is 1.32. The van der Waals surface area contributed by atoms with Crippen LogP contribution in [0.15, 0.2) is 16.9 Å². The van der Waals surface area contributed by atoms with Crippen molar-refractivity contribution in [2.45, 2.75) is 25.3 Å². The van der Waals surface area contributed by atoms with Crippen LogP contribution >= 0.6 is 0 Å². The standard InChI is InChI=1S/C7H12N4/c8-4-5-6(9)2-1-3-7(5)11-10/h4,7,9-10H,1-3,8H2/t7-/m0/s1. The van der Waals surface area contributed by atoms with E-state index in [4.69, 9.17) is 16.7 Å². The molecule has 60 valence electrons. The smallest absolute Gasteiger partial charge is 0.0986 e. The van der Waals surface area contributed by atoms with Crippen LogP contribution in [-0.2, 0) is 0 Å². The topological polar surface area (TPSA) is 86.1 Å². The van der Waals surface area contributed by atoms with Gasteiger partial charge in [0.2, 0.25) is 0 Å². The molecule has 0 aromatic heterocycles. The number of hydrogen-bond acceptors (Lipinski definition) is 4. The van der Waals surface area contributed by atoms with Crippen LogP contribution in [0.25, 0.3) is 0 Å². The van der Waals surface area contributed by atoms with Gasteiger partial charge in [-0.1, -0.05) is 0 Å². The van der Waals surface area contributed by atoms with Gasteiger partial charge in [-0.3, -0.25) is 0 Å². The van der Waals surface area contributed by atoms with Crippen LogP contribution in [0, 0.1) is 10.9 Å². The third-order valence-corrected chi connectivity index (χ3v) is 1.95. The van der Waals surface area contributed by atoms with E-state index < -0.39 is 0 Å². The predicted molar refractivity (Wildman–Crippen MR) is 42.8 cm³/mol. The lowest BCUT2D eigenvalue weighted by Crippen LogP contribution is -2.22. The largest absolute Gasteiger partial charge is 0.404 e. The van der Waals surface area contributed by atoms with Crippen LogP contribution in [0.4, 0.5) is 0 Å². The molecule has 1 fully saturated rings. The lowest BCUT2D eigenvalue weighted by Gasteiger charge is -2.20. The average Bonchev–Trinajstić information content (AvgIpc) is 2.04. The third-order valence-electron chi connectivity index (χ3n) is 1.95. The van der Waals surface area contributed by atoms with Gasteiger partial charge in [0, 0.05) is 17.5 Å². The zero-order valence-electron chi connectivity index (χ0n) is 6.30. The van der Waals surface area contributed by atoms with Crippen LogP contribution in [0.1, 0.15) is 19.3 Å². The second-order valence-electron chi connectivity index (χ2n) is 2.64. The SMILES string of the molecule is N=N[C@H]1CCCC(=N)C1=CN. The highest BCUT2D eigenvalue weighted by molar-refractivity contribution is 5.99.